The van der Waals surface area contributed by atoms with Gasteiger partial charge in [-0.3, -0.25) is 15.6 Å². The number of hydrazine groups is 1. The van der Waals surface area contributed by atoms with E-state index in [1.165, 1.54) is 23.3 Å². The molecule has 1 aliphatic carbocycles. The first-order valence-corrected chi connectivity index (χ1v) is 8.13. The maximum absolute atomic E-state index is 12.8. The van der Waals surface area contributed by atoms with Gasteiger partial charge >= 0.3 is 0 Å². The topological polar surface area (TPSA) is 53.2 Å². The van der Waals surface area contributed by atoms with Crippen molar-refractivity contribution in [1.29, 1.82) is 0 Å². The number of nitrogens with one attached hydrogen (secondary N) is 3. The number of thiocarbonyl (C=S) groups is 1. The van der Waals surface area contributed by atoms with Crippen molar-refractivity contribution in [2.75, 3.05) is 5.32 Å². The fourth-order valence-corrected chi connectivity index (χ4v) is 2.74. The van der Waals surface area contributed by atoms with E-state index in [0.29, 0.717) is 5.69 Å². The van der Waals surface area contributed by atoms with Crippen LogP contribution in [0.3, 0.4) is 0 Å². The number of hydrogen-bond donors (Lipinski definition) is 3. The molecule has 0 aromatic heterocycles. The Morgan fingerprint density at radius 1 is 1.08 bits per heavy atom. The number of rotatable bonds is 3. The predicted octanol–water partition coefficient (Wildman–Crippen LogP) is 3.26. The van der Waals surface area contributed by atoms with Crippen LogP contribution in [0.25, 0.3) is 0 Å². The minimum atomic E-state index is -0.316. The van der Waals surface area contributed by atoms with Gasteiger partial charge in [-0.25, -0.2) is 4.39 Å². The summed E-state index contributed by atoms with van der Waals surface area (Å²) >= 11 is 5.10. The molecule has 0 spiro atoms. The Bertz CT molecular complexity index is 746. The van der Waals surface area contributed by atoms with E-state index in [1.807, 2.05) is 6.92 Å². The number of carbonyl (C=O) groups is 1. The fraction of sp³-hybridized carbons (Fsp3) is 0.222. The van der Waals surface area contributed by atoms with Crippen molar-refractivity contribution in [2.24, 2.45) is 5.92 Å². The molecule has 4 nitrogen and oxygen atoms in total. The first-order chi connectivity index (χ1) is 11.5. The zero-order chi connectivity index (χ0) is 17.1. The third kappa shape index (κ3) is 4.08. The molecule has 2 aromatic rings. The Morgan fingerprint density at radius 2 is 1.75 bits per heavy atom. The minimum absolute atomic E-state index is 0.0335. The molecule has 0 aliphatic heterocycles. The number of anilines is 1. The molecule has 3 N–H and O–H groups in total. The summed E-state index contributed by atoms with van der Waals surface area (Å²) in [5.74, 6) is -0.160. The van der Waals surface area contributed by atoms with Gasteiger partial charge in [-0.2, -0.15) is 0 Å². The molecule has 2 atom stereocenters. The van der Waals surface area contributed by atoms with Gasteiger partial charge in [-0.05, 0) is 61.3 Å². The second kappa shape index (κ2) is 6.97. The third-order valence-corrected chi connectivity index (χ3v) is 4.24. The number of carbonyl (C=O) groups excluding carboxylic acids is 1. The summed E-state index contributed by atoms with van der Waals surface area (Å²) in [4.78, 5) is 12.1. The molecular formula is C18H18FN3OS. The highest BCUT2D eigenvalue weighted by molar-refractivity contribution is 7.80. The normalized spacial score (nSPS) is 18.6. The summed E-state index contributed by atoms with van der Waals surface area (Å²) in [6.07, 6.45) is 0.842. The minimum Gasteiger partial charge on any atom is -0.331 e. The molecule has 124 valence electrons. The van der Waals surface area contributed by atoms with Crippen molar-refractivity contribution >= 4 is 28.9 Å². The Balaban J connectivity index is 1.45. The lowest BCUT2D eigenvalue weighted by Gasteiger charge is -2.11. The van der Waals surface area contributed by atoms with Crippen molar-refractivity contribution in [3.05, 3.63) is 65.5 Å². The Kier molecular flexibility index (Phi) is 4.76. The lowest BCUT2D eigenvalue weighted by molar-refractivity contribution is -0.122. The van der Waals surface area contributed by atoms with Crippen LogP contribution in [0.2, 0.25) is 0 Å². The Labute approximate surface area is 145 Å². The summed E-state index contributed by atoms with van der Waals surface area (Å²) < 4.78 is 12.8. The summed E-state index contributed by atoms with van der Waals surface area (Å²) in [6, 6.07) is 14.1. The summed E-state index contributed by atoms with van der Waals surface area (Å²) in [7, 11) is 0. The second-order valence-electron chi connectivity index (χ2n) is 5.93. The van der Waals surface area contributed by atoms with Crippen LogP contribution in [0.5, 0.6) is 0 Å². The van der Waals surface area contributed by atoms with Crippen molar-refractivity contribution in [1.82, 2.24) is 10.9 Å². The zero-order valence-corrected chi connectivity index (χ0v) is 14.0. The molecule has 6 heteroatoms. The lowest BCUT2D eigenvalue weighted by Crippen LogP contribution is -2.44. The van der Waals surface area contributed by atoms with Gasteiger partial charge in [0.1, 0.15) is 5.82 Å². The maximum atomic E-state index is 12.8. The average Bonchev–Trinajstić information content (AvgIpc) is 3.36. The van der Waals surface area contributed by atoms with Crippen LogP contribution in [0.4, 0.5) is 10.1 Å². The smallest absolute Gasteiger partial charge is 0.242 e. The van der Waals surface area contributed by atoms with Gasteiger partial charge in [0.2, 0.25) is 5.91 Å². The summed E-state index contributed by atoms with van der Waals surface area (Å²) in [6.45, 7) is 2.04. The van der Waals surface area contributed by atoms with E-state index < -0.39 is 0 Å². The number of hydrogen-bond acceptors (Lipinski definition) is 2. The number of benzene rings is 2. The standard InChI is InChI=1S/C18H18FN3OS/c1-11-2-4-12(5-3-11)15-10-16(15)17(23)21-22-18(24)20-14-8-6-13(19)7-9-14/h2-9,15-16H,10H2,1H3,(H,21,23)(H2,20,22,24)/t15-,16-/m1/s1. The molecule has 24 heavy (non-hydrogen) atoms. The number of aryl methyl sites for hydroxylation is 1. The molecule has 0 saturated heterocycles. The van der Waals surface area contributed by atoms with E-state index in [9.17, 15) is 9.18 Å². The Morgan fingerprint density at radius 3 is 2.42 bits per heavy atom. The predicted molar refractivity (Wildman–Crippen MR) is 95.9 cm³/mol. The van der Waals surface area contributed by atoms with E-state index in [-0.39, 0.29) is 28.7 Å². The van der Waals surface area contributed by atoms with Gasteiger partial charge in [-0.15, -0.1) is 0 Å². The molecule has 3 rings (SSSR count). The highest BCUT2D eigenvalue weighted by Gasteiger charge is 2.43. The van der Waals surface area contributed by atoms with Gasteiger partial charge in [0.05, 0.1) is 0 Å². The first-order valence-electron chi connectivity index (χ1n) is 7.72. The molecule has 0 radical (unpaired) electrons. The van der Waals surface area contributed by atoms with Gasteiger partial charge in [0.15, 0.2) is 5.11 Å². The Hall–Kier alpha value is -2.47. The van der Waals surface area contributed by atoms with E-state index in [2.05, 4.69) is 40.4 Å². The molecule has 1 fully saturated rings. The number of halogens is 1. The molecule has 2 aromatic carbocycles. The van der Waals surface area contributed by atoms with Crippen LogP contribution in [-0.2, 0) is 4.79 Å². The van der Waals surface area contributed by atoms with Crippen LogP contribution in [0.15, 0.2) is 48.5 Å². The van der Waals surface area contributed by atoms with E-state index >= 15 is 0 Å². The quantitative estimate of drug-likeness (QED) is 0.591. The van der Waals surface area contributed by atoms with E-state index in [0.717, 1.165) is 6.42 Å². The van der Waals surface area contributed by atoms with Crippen LogP contribution in [0.1, 0.15) is 23.5 Å². The van der Waals surface area contributed by atoms with Crippen LogP contribution in [0, 0.1) is 18.7 Å². The highest BCUT2D eigenvalue weighted by Crippen LogP contribution is 2.47. The molecule has 1 saturated carbocycles. The van der Waals surface area contributed by atoms with Crippen LogP contribution in [-0.4, -0.2) is 11.0 Å². The first kappa shape index (κ1) is 16.4. The van der Waals surface area contributed by atoms with Crippen LogP contribution < -0.4 is 16.2 Å². The molecule has 0 bridgehead atoms. The average molecular weight is 343 g/mol. The fourth-order valence-electron chi connectivity index (χ4n) is 2.57. The van der Waals surface area contributed by atoms with Gasteiger partial charge < -0.3 is 5.32 Å². The largest absolute Gasteiger partial charge is 0.331 e. The monoisotopic (exact) mass is 343 g/mol. The maximum Gasteiger partial charge on any atom is 0.242 e. The second-order valence-corrected chi connectivity index (χ2v) is 6.34. The molecule has 0 unspecified atom stereocenters. The molecule has 1 amide bonds. The van der Waals surface area contributed by atoms with Crippen molar-refractivity contribution in [2.45, 2.75) is 19.3 Å². The van der Waals surface area contributed by atoms with Gasteiger partial charge in [0, 0.05) is 11.6 Å². The van der Waals surface area contributed by atoms with E-state index in [4.69, 9.17) is 12.2 Å². The molecule has 1 aliphatic rings. The summed E-state index contributed by atoms with van der Waals surface area (Å²) in [5, 5.41) is 3.12. The summed E-state index contributed by atoms with van der Waals surface area (Å²) in [5.41, 5.74) is 8.34. The van der Waals surface area contributed by atoms with Crippen molar-refractivity contribution in [3.8, 4) is 0 Å². The number of amides is 1. The zero-order valence-electron chi connectivity index (χ0n) is 13.2. The van der Waals surface area contributed by atoms with Crippen molar-refractivity contribution < 1.29 is 9.18 Å². The van der Waals surface area contributed by atoms with E-state index in [1.54, 1.807) is 12.1 Å². The third-order valence-electron chi connectivity index (χ3n) is 4.03. The van der Waals surface area contributed by atoms with Crippen molar-refractivity contribution in [3.63, 3.8) is 0 Å². The molecular weight excluding hydrogens is 325 g/mol. The highest BCUT2D eigenvalue weighted by atomic mass is 32.1. The van der Waals surface area contributed by atoms with Gasteiger partial charge in [0.25, 0.3) is 0 Å². The molecule has 0 heterocycles. The lowest BCUT2D eigenvalue weighted by atomic mass is 10.1. The van der Waals surface area contributed by atoms with Crippen LogP contribution >= 0.6 is 12.2 Å². The van der Waals surface area contributed by atoms with Gasteiger partial charge in [-0.1, -0.05) is 29.8 Å². The SMILES string of the molecule is Cc1ccc([C@H]2C[C@H]2C(=O)NNC(=S)Nc2ccc(F)cc2)cc1.